The summed E-state index contributed by atoms with van der Waals surface area (Å²) in [4.78, 5) is 11.8. The number of amides is 1. The summed E-state index contributed by atoms with van der Waals surface area (Å²) in [5.41, 5.74) is -0.242. The Labute approximate surface area is 120 Å². The molecule has 0 heterocycles. The lowest BCUT2D eigenvalue weighted by molar-refractivity contribution is 0.0725. The van der Waals surface area contributed by atoms with E-state index in [1.807, 2.05) is 24.5 Å². The lowest BCUT2D eigenvalue weighted by Gasteiger charge is -2.22. The van der Waals surface area contributed by atoms with Crippen LogP contribution in [0.5, 0.6) is 0 Å². The second-order valence-electron chi connectivity index (χ2n) is 4.12. The van der Waals surface area contributed by atoms with Crippen LogP contribution in [0.15, 0.2) is 24.3 Å². The fraction of sp³-hybridized carbons (Fsp3) is 0.417. The van der Waals surface area contributed by atoms with Gasteiger partial charge in [-0.05, 0) is 54.0 Å². The van der Waals surface area contributed by atoms with Gasteiger partial charge in [-0.25, -0.2) is 0 Å². The second-order valence-corrected chi connectivity index (χ2v) is 6.23. The topological polar surface area (TPSA) is 49.3 Å². The Morgan fingerprint density at radius 2 is 2.29 bits per heavy atom. The molecular formula is C12H16INO2S. The van der Waals surface area contributed by atoms with Gasteiger partial charge < -0.3 is 10.4 Å². The standard InChI is InChI=1S/C12H16INO2S/c1-12(16,8-17-2)7-14-11(15)9-4-3-5-10(13)6-9/h3-6,16H,7-8H2,1-2H3,(H,14,15). The van der Waals surface area contributed by atoms with Gasteiger partial charge in [0.2, 0.25) is 0 Å². The molecule has 1 aromatic rings. The molecule has 3 nitrogen and oxygen atoms in total. The maximum absolute atomic E-state index is 11.8. The van der Waals surface area contributed by atoms with E-state index in [-0.39, 0.29) is 12.5 Å². The van der Waals surface area contributed by atoms with E-state index in [2.05, 4.69) is 27.9 Å². The van der Waals surface area contributed by atoms with E-state index in [0.717, 1.165) is 3.57 Å². The average Bonchev–Trinajstić information content (AvgIpc) is 2.26. The molecule has 0 bridgehead atoms. The molecule has 0 aliphatic rings. The van der Waals surface area contributed by atoms with Crippen LogP contribution in [-0.4, -0.2) is 35.2 Å². The number of hydrogen-bond acceptors (Lipinski definition) is 3. The number of rotatable bonds is 5. The van der Waals surface area contributed by atoms with E-state index < -0.39 is 5.60 Å². The third-order valence-electron chi connectivity index (χ3n) is 2.17. The number of benzene rings is 1. The summed E-state index contributed by atoms with van der Waals surface area (Å²) in [6.45, 7) is 1.98. The average molecular weight is 365 g/mol. The maximum Gasteiger partial charge on any atom is 0.251 e. The first-order chi connectivity index (χ1) is 7.94. The zero-order valence-corrected chi connectivity index (χ0v) is 12.8. The minimum Gasteiger partial charge on any atom is -0.387 e. The third kappa shape index (κ3) is 5.27. The molecule has 0 aromatic heterocycles. The van der Waals surface area contributed by atoms with Crippen LogP contribution in [-0.2, 0) is 0 Å². The van der Waals surface area contributed by atoms with E-state index in [0.29, 0.717) is 11.3 Å². The fourth-order valence-corrected chi connectivity index (χ4v) is 2.63. The van der Waals surface area contributed by atoms with E-state index >= 15 is 0 Å². The van der Waals surface area contributed by atoms with Gasteiger partial charge in [-0.2, -0.15) is 11.8 Å². The molecule has 0 aliphatic carbocycles. The number of aliphatic hydroxyl groups is 1. The predicted molar refractivity (Wildman–Crippen MR) is 80.5 cm³/mol. The van der Waals surface area contributed by atoms with E-state index in [4.69, 9.17) is 0 Å². The number of carbonyl (C=O) groups is 1. The van der Waals surface area contributed by atoms with Gasteiger partial charge in [-0.15, -0.1) is 0 Å². The molecule has 0 spiro atoms. The molecule has 94 valence electrons. The Kier molecular flexibility index (Phi) is 5.75. The van der Waals surface area contributed by atoms with Gasteiger partial charge >= 0.3 is 0 Å². The summed E-state index contributed by atoms with van der Waals surface area (Å²) < 4.78 is 1.02. The van der Waals surface area contributed by atoms with Crippen molar-refractivity contribution in [3.8, 4) is 0 Å². The van der Waals surface area contributed by atoms with Crippen molar-refractivity contribution >= 4 is 40.3 Å². The lowest BCUT2D eigenvalue weighted by Crippen LogP contribution is -2.42. The van der Waals surface area contributed by atoms with Crippen molar-refractivity contribution in [2.24, 2.45) is 0 Å². The first kappa shape index (κ1) is 14.8. The highest BCUT2D eigenvalue weighted by atomic mass is 127. The fourth-order valence-electron chi connectivity index (χ4n) is 1.36. The van der Waals surface area contributed by atoms with Crippen molar-refractivity contribution in [3.05, 3.63) is 33.4 Å². The molecule has 1 aromatic carbocycles. The van der Waals surface area contributed by atoms with Gasteiger partial charge in [0.1, 0.15) is 0 Å². The third-order valence-corrected chi connectivity index (χ3v) is 3.75. The van der Waals surface area contributed by atoms with Crippen LogP contribution in [0.2, 0.25) is 0 Å². The largest absolute Gasteiger partial charge is 0.387 e. The summed E-state index contributed by atoms with van der Waals surface area (Å²) >= 11 is 3.72. The minimum absolute atomic E-state index is 0.148. The highest BCUT2D eigenvalue weighted by Gasteiger charge is 2.20. The summed E-state index contributed by atoms with van der Waals surface area (Å²) in [5, 5.41) is 12.7. The minimum atomic E-state index is -0.864. The van der Waals surface area contributed by atoms with Crippen LogP contribution in [0.25, 0.3) is 0 Å². The number of nitrogens with one attached hydrogen (secondary N) is 1. The smallest absolute Gasteiger partial charge is 0.251 e. The highest BCUT2D eigenvalue weighted by Crippen LogP contribution is 2.11. The van der Waals surface area contributed by atoms with Crippen LogP contribution in [0.4, 0.5) is 0 Å². The van der Waals surface area contributed by atoms with Crippen molar-refractivity contribution in [2.75, 3.05) is 18.6 Å². The van der Waals surface area contributed by atoms with Crippen molar-refractivity contribution in [3.63, 3.8) is 0 Å². The van der Waals surface area contributed by atoms with Crippen LogP contribution in [0.3, 0.4) is 0 Å². The Hall–Kier alpha value is -0.270. The Morgan fingerprint density at radius 3 is 2.88 bits per heavy atom. The molecule has 1 atom stereocenters. The van der Waals surface area contributed by atoms with Gasteiger partial charge in [0.25, 0.3) is 5.91 Å². The van der Waals surface area contributed by atoms with Crippen LogP contribution < -0.4 is 5.32 Å². The van der Waals surface area contributed by atoms with E-state index in [9.17, 15) is 9.90 Å². The van der Waals surface area contributed by atoms with E-state index in [1.165, 1.54) is 0 Å². The number of halogens is 1. The zero-order chi connectivity index (χ0) is 12.9. The predicted octanol–water partition coefficient (Wildman–Crippen LogP) is 2.13. The van der Waals surface area contributed by atoms with Crippen LogP contribution in [0.1, 0.15) is 17.3 Å². The van der Waals surface area contributed by atoms with Gasteiger partial charge in [0.05, 0.1) is 5.60 Å². The number of carbonyl (C=O) groups excluding carboxylic acids is 1. The quantitative estimate of drug-likeness (QED) is 0.787. The molecule has 5 heteroatoms. The number of thioether (sulfide) groups is 1. The first-order valence-corrected chi connectivity index (χ1v) is 7.67. The first-order valence-electron chi connectivity index (χ1n) is 5.20. The molecule has 0 saturated carbocycles. The summed E-state index contributed by atoms with van der Waals surface area (Å²) in [7, 11) is 0. The van der Waals surface area contributed by atoms with Crippen molar-refractivity contribution < 1.29 is 9.90 Å². The SMILES string of the molecule is CSCC(C)(O)CNC(=O)c1cccc(I)c1. The molecular weight excluding hydrogens is 349 g/mol. The normalized spacial score (nSPS) is 14.1. The second kappa shape index (κ2) is 6.61. The monoisotopic (exact) mass is 365 g/mol. The molecule has 0 saturated heterocycles. The molecule has 1 unspecified atom stereocenters. The molecule has 2 N–H and O–H groups in total. The van der Waals surface area contributed by atoms with E-state index in [1.54, 1.807) is 24.8 Å². The zero-order valence-electron chi connectivity index (χ0n) is 9.87. The molecule has 0 radical (unpaired) electrons. The summed E-state index contributed by atoms with van der Waals surface area (Å²) in [5.74, 6) is 0.449. The van der Waals surface area contributed by atoms with Crippen molar-refractivity contribution in [1.29, 1.82) is 0 Å². The Morgan fingerprint density at radius 1 is 1.59 bits per heavy atom. The maximum atomic E-state index is 11.8. The van der Waals surface area contributed by atoms with Crippen molar-refractivity contribution in [1.82, 2.24) is 5.32 Å². The Balaban J connectivity index is 2.56. The van der Waals surface area contributed by atoms with Crippen LogP contribution >= 0.6 is 34.4 Å². The van der Waals surface area contributed by atoms with Gasteiger partial charge in [-0.3, -0.25) is 4.79 Å². The molecule has 17 heavy (non-hydrogen) atoms. The lowest BCUT2D eigenvalue weighted by atomic mass is 10.1. The van der Waals surface area contributed by atoms with Gasteiger partial charge in [0, 0.05) is 21.4 Å². The molecule has 0 aliphatic heterocycles. The van der Waals surface area contributed by atoms with Crippen LogP contribution in [0, 0.1) is 3.57 Å². The molecule has 1 rings (SSSR count). The summed E-state index contributed by atoms with van der Waals surface area (Å²) in [6.07, 6.45) is 1.93. The Bertz CT molecular complexity index is 396. The summed E-state index contributed by atoms with van der Waals surface area (Å²) in [6, 6.07) is 7.36. The van der Waals surface area contributed by atoms with Gasteiger partial charge in [-0.1, -0.05) is 6.07 Å². The van der Waals surface area contributed by atoms with Crippen molar-refractivity contribution in [2.45, 2.75) is 12.5 Å². The molecule has 0 fully saturated rings. The van der Waals surface area contributed by atoms with Gasteiger partial charge in [0.15, 0.2) is 0 Å². The highest BCUT2D eigenvalue weighted by molar-refractivity contribution is 14.1. The molecule has 1 amide bonds. The number of hydrogen-bond donors (Lipinski definition) is 2.